The van der Waals surface area contributed by atoms with E-state index in [9.17, 15) is 9.90 Å². The lowest BCUT2D eigenvalue weighted by Gasteiger charge is -2.13. The molecule has 0 amide bonds. The van der Waals surface area contributed by atoms with Crippen LogP contribution >= 0.6 is 11.8 Å². The van der Waals surface area contributed by atoms with Crippen LogP contribution in [0.5, 0.6) is 0 Å². The van der Waals surface area contributed by atoms with E-state index in [1.807, 2.05) is 13.8 Å². The Balaban J connectivity index is 2.24. The van der Waals surface area contributed by atoms with E-state index < -0.39 is 5.97 Å². The third-order valence-corrected chi connectivity index (χ3v) is 4.34. The highest BCUT2D eigenvalue weighted by atomic mass is 32.2. The zero-order chi connectivity index (χ0) is 14.7. The zero-order valence-electron chi connectivity index (χ0n) is 12.0. The topological polar surface area (TPSA) is 72.3 Å². The second-order valence-corrected chi connectivity index (χ2v) is 6.26. The molecule has 6 heteroatoms. The largest absolute Gasteiger partial charge is 0.478 e. The van der Waals surface area contributed by atoms with Gasteiger partial charge in [-0.15, -0.1) is 11.8 Å². The zero-order valence-corrected chi connectivity index (χ0v) is 12.9. The lowest BCUT2D eigenvalue weighted by atomic mass is 10.2. The Morgan fingerprint density at radius 1 is 1.50 bits per heavy atom. The Bertz CT molecular complexity index is 499. The van der Waals surface area contributed by atoms with E-state index in [4.69, 9.17) is 4.74 Å². The number of hydrogen-bond donors (Lipinski definition) is 1. The number of carboxylic acids is 1. The molecule has 1 N–H and O–H groups in total. The highest BCUT2D eigenvalue weighted by Crippen LogP contribution is 2.28. The molecule has 1 aromatic heterocycles. The van der Waals surface area contributed by atoms with Gasteiger partial charge in [-0.1, -0.05) is 13.8 Å². The van der Waals surface area contributed by atoms with Gasteiger partial charge in [-0.05, 0) is 19.8 Å². The predicted octanol–water partition coefficient (Wildman–Crippen LogP) is 2.88. The van der Waals surface area contributed by atoms with Gasteiger partial charge < -0.3 is 9.84 Å². The molecule has 20 heavy (non-hydrogen) atoms. The monoisotopic (exact) mass is 296 g/mol. The van der Waals surface area contributed by atoms with Crippen molar-refractivity contribution in [1.82, 2.24) is 9.97 Å². The third-order valence-electron chi connectivity index (χ3n) is 3.23. The van der Waals surface area contributed by atoms with Crippen LogP contribution in [0, 0.1) is 6.92 Å². The quantitative estimate of drug-likeness (QED) is 0.665. The molecule has 0 saturated carbocycles. The van der Waals surface area contributed by atoms with Gasteiger partial charge in [-0.3, -0.25) is 0 Å². The van der Waals surface area contributed by atoms with Gasteiger partial charge in [0.1, 0.15) is 16.4 Å². The minimum Gasteiger partial charge on any atom is -0.478 e. The van der Waals surface area contributed by atoms with E-state index in [0.717, 1.165) is 25.2 Å². The Kier molecular flexibility index (Phi) is 4.99. The van der Waals surface area contributed by atoms with Gasteiger partial charge in [0.05, 0.1) is 11.8 Å². The van der Waals surface area contributed by atoms with Crippen molar-refractivity contribution >= 4 is 17.7 Å². The molecule has 0 bridgehead atoms. The van der Waals surface area contributed by atoms with Gasteiger partial charge in [-0.2, -0.15) is 0 Å². The number of hydrogen-bond acceptors (Lipinski definition) is 5. The predicted molar refractivity (Wildman–Crippen MR) is 77.5 cm³/mol. The number of rotatable bonds is 5. The highest BCUT2D eigenvalue weighted by molar-refractivity contribution is 7.99. The number of aryl methyl sites for hydroxylation is 1. The van der Waals surface area contributed by atoms with E-state index in [2.05, 4.69) is 9.97 Å². The summed E-state index contributed by atoms with van der Waals surface area (Å²) in [6.07, 6.45) is 2.33. The summed E-state index contributed by atoms with van der Waals surface area (Å²) < 4.78 is 5.57. The van der Waals surface area contributed by atoms with Crippen LogP contribution in [0.2, 0.25) is 0 Å². The SMILES string of the molecule is Cc1nc(C(C)C)nc(SCC2CCCO2)c1C(=O)O. The van der Waals surface area contributed by atoms with Gasteiger partial charge in [0, 0.05) is 18.3 Å². The normalized spacial score (nSPS) is 18.7. The average molecular weight is 296 g/mol. The molecular weight excluding hydrogens is 276 g/mol. The molecule has 110 valence electrons. The van der Waals surface area contributed by atoms with Crippen molar-refractivity contribution in [3.63, 3.8) is 0 Å². The number of thioether (sulfide) groups is 1. The van der Waals surface area contributed by atoms with Crippen molar-refractivity contribution in [3.05, 3.63) is 17.1 Å². The summed E-state index contributed by atoms with van der Waals surface area (Å²) in [6, 6.07) is 0. The van der Waals surface area contributed by atoms with Crippen LogP contribution in [-0.4, -0.2) is 39.5 Å². The second kappa shape index (κ2) is 6.54. The fourth-order valence-corrected chi connectivity index (χ4v) is 3.27. The molecule has 1 fully saturated rings. The van der Waals surface area contributed by atoms with E-state index >= 15 is 0 Å². The first-order valence-corrected chi connectivity index (χ1v) is 7.83. The van der Waals surface area contributed by atoms with Gasteiger partial charge in [0.25, 0.3) is 0 Å². The number of nitrogens with zero attached hydrogens (tertiary/aromatic N) is 2. The maximum absolute atomic E-state index is 11.4. The average Bonchev–Trinajstić information content (AvgIpc) is 2.88. The van der Waals surface area contributed by atoms with Crippen molar-refractivity contribution in [1.29, 1.82) is 0 Å². The molecule has 1 aromatic rings. The van der Waals surface area contributed by atoms with Crippen LogP contribution in [0.25, 0.3) is 0 Å². The third kappa shape index (κ3) is 3.49. The standard InChI is InChI=1S/C14H20N2O3S/c1-8(2)12-15-9(3)11(14(17)18)13(16-12)20-7-10-5-4-6-19-10/h8,10H,4-7H2,1-3H3,(H,17,18). The molecule has 1 unspecified atom stereocenters. The first-order valence-electron chi connectivity index (χ1n) is 6.85. The van der Waals surface area contributed by atoms with Crippen LogP contribution in [-0.2, 0) is 4.74 Å². The Labute approximate surface area is 123 Å². The number of aromatic carboxylic acids is 1. The molecule has 1 aliphatic rings. The molecule has 1 saturated heterocycles. The molecule has 0 spiro atoms. The molecule has 0 radical (unpaired) electrons. The minimum absolute atomic E-state index is 0.179. The van der Waals surface area contributed by atoms with Gasteiger partial charge in [0.2, 0.25) is 0 Å². The van der Waals surface area contributed by atoms with Crippen molar-refractivity contribution in [3.8, 4) is 0 Å². The Hall–Kier alpha value is -1.14. The molecule has 2 rings (SSSR count). The van der Waals surface area contributed by atoms with Crippen molar-refractivity contribution in [2.45, 2.75) is 50.7 Å². The summed E-state index contributed by atoms with van der Waals surface area (Å²) in [6.45, 7) is 6.54. The molecule has 2 heterocycles. The first kappa shape index (κ1) is 15.3. The van der Waals surface area contributed by atoms with Crippen LogP contribution < -0.4 is 0 Å². The van der Waals surface area contributed by atoms with Crippen LogP contribution in [0.1, 0.15) is 54.5 Å². The smallest absolute Gasteiger partial charge is 0.340 e. The van der Waals surface area contributed by atoms with Gasteiger partial charge in [0.15, 0.2) is 0 Å². The molecule has 0 aliphatic carbocycles. The molecule has 5 nitrogen and oxygen atoms in total. The molecular formula is C14H20N2O3S. The molecule has 1 aliphatic heterocycles. The maximum atomic E-state index is 11.4. The summed E-state index contributed by atoms with van der Waals surface area (Å²) in [5, 5.41) is 9.90. The van der Waals surface area contributed by atoms with E-state index in [-0.39, 0.29) is 17.6 Å². The van der Waals surface area contributed by atoms with Gasteiger partial charge >= 0.3 is 5.97 Å². The van der Waals surface area contributed by atoms with Crippen LogP contribution in [0.4, 0.5) is 0 Å². The van der Waals surface area contributed by atoms with Crippen LogP contribution in [0.15, 0.2) is 5.03 Å². The number of carbonyl (C=O) groups is 1. The molecule has 0 aromatic carbocycles. The van der Waals surface area contributed by atoms with E-state index in [1.165, 1.54) is 11.8 Å². The number of aromatic nitrogens is 2. The van der Waals surface area contributed by atoms with E-state index in [0.29, 0.717) is 16.5 Å². The van der Waals surface area contributed by atoms with Crippen LogP contribution in [0.3, 0.4) is 0 Å². The summed E-state index contributed by atoms with van der Waals surface area (Å²) in [4.78, 5) is 20.1. The Morgan fingerprint density at radius 3 is 2.80 bits per heavy atom. The maximum Gasteiger partial charge on any atom is 0.340 e. The first-order chi connectivity index (χ1) is 9.49. The second-order valence-electron chi connectivity index (χ2n) is 5.25. The number of carboxylic acid groups (broad SMARTS) is 1. The fourth-order valence-electron chi connectivity index (χ4n) is 2.12. The van der Waals surface area contributed by atoms with Crippen molar-refractivity contribution in [2.75, 3.05) is 12.4 Å². The lowest BCUT2D eigenvalue weighted by Crippen LogP contribution is -2.13. The molecule has 1 atom stereocenters. The summed E-state index contributed by atoms with van der Waals surface area (Å²) in [5.74, 6) is 0.655. The summed E-state index contributed by atoms with van der Waals surface area (Å²) in [5.41, 5.74) is 0.753. The summed E-state index contributed by atoms with van der Waals surface area (Å²) in [7, 11) is 0. The van der Waals surface area contributed by atoms with E-state index in [1.54, 1.807) is 6.92 Å². The number of ether oxygens (including phenoxy) is 1. The van der Waals surface area contributed by atoms with Crippen molar-refractivity contribution in [2.24, 2.45) is 0 Å². The van der Waals surface area contributed by atoms with Gasteiger partial charge in [-0.25, -0.2) is 14.8 Å². The van der Waals surface area contributed by atoms with Crippen molar-refractivity contribution < 1.29 is 14.6 Å². The lowest BCUT2D eigenvalue weighted by molar-refractivity contribution is 0.0690. The Morgan fingerprint density at radius 2 is 2.25 bits per heavy atom. The fraction of sp³-hybridized carbons (Fsp3) is 0.643. The minimum atomic E-state index is -0.965. The summed E-state index contributed by atoms with van der Waals surface area (Å²) >= 11 is 1.46. The highest BCUT2D eigenvalue weighted by Gasteiger charge is 2.22.